The molecule has 0 unspecified atom stereocenters. The van der Waals surface area contributed by atoms with Crippen LogP contribution in [0.4, 0.5) is 11.4 Å². The Balaban J connectivity index is 1.70. The van der Waals surface area contributed by atoms with Gasteiger partial charge in [-0.25, -0.2) is 8.42 Å². The van der Waals surface area contributed by atoms with E-state index >= 15 is 0 Å². The number of sulfonamides is 1. The van der Waals surface area contributed by atoms with Gasteiger partial charge in [0.25, 0.3) is 10.0 Å². The van der Waals surface area contributed by atoms with Crippen molar-refractivity contribution in [1.29, 1.82) is 0 Å². The number of hydrogen-bond acceptors (Lipinski definition) is 3. The molecule has 0 aliphatic carbocycles. The Bertz CT molecular complexity index is 1130. The van der Waals surface area contributed by atoms with Crippen molar-refractivity contribution in [2.45, 2.75) is 4.90 Å². The van der Waals surface area contributed by atoms with E-state index in [0.29, 0.717) is 22.0 Å². The van der Waals surface area contributed by atoms with E-state index in [4.69, 9.17) is 11.6 Å². The van der Waals surface area contributed by atoms with Crippen LogP contribution >= 0.6 is 11.6 Å². The second-order valence-corrected chi connectivity index (χ2v) is 8.35. The first-order valence-electron chi connectivity index (χ1n) is 8.23. The lowest BCUT2D eigenvalue weighted by Gasteiger charge is -2.31. The lowest BCUT2D eigenvalue weighted by atomic mass is 10.0. The summed E-state index contributed by atoms with van der Waals surface area (Å²) in [4.78, 5) is 12.7. The maximum Gasteiger partial charge on any atom is 0.265 e. The molecule has 1 amide bonds. The van der Waals surface area contributed by atoms with Gasteiger partial charge in [-0.2, -0.15) is 0 Å². The molecule has 0 aromatic heterocycles. The number of nitrogens with zero attached hydrogens (tertiary/aromatic N) is 1. The van der Waals surface area contributed by atoms with Gasteiger partial charge in [0.1, 0.15) is 6.54 Å². The molecule has 1 aliphatic heterocycles. The number of halogens is 1. The molecule has 0 saturated carbocycles. The summed E-state index contributed by atoms with van der Waals surface area (Å²) < 4.78 is 27.4. The molecule has 0 atom stereocenters. The number of para-hydroxylation sites is 1. The minimum absolute atomic E-state index is 0.197. The number of rotatable bonds is 3. The molecule has 3 aromatic rings. The summed E-state index contributed by atoms with van der Waals surface area (Å²) in [7, 11) is -3.84. The zero-order valence-corrected chi connectivity index (χ0v) is 15.7. The topological polar surface area (TPSA) is 66.5 Å². The molecule has 4 rings (SSSR count). The fraction of sp³-hybridized carbons (Fsp3) is 0.0500. The number of benzene rings is 3. The molecule has 0 spiro atoms. The number of carbonyl (C=O) groups is 1. The first-order valence-corrected chi connectivity index (χ1v) is 10.1. The van der Waals surface area contributed by atoms with E-state index in [2.05, 4.69) is 5.32 Å². The Morgan fingerprint density at radius 2 is 1.52 bits per heavy atom. The van der Waals surface area contributed by atoms with Gasteiger partial charge in [-0.05, 0) is 36.4 Å². The van der Waals surface area contributed by atoms with E-state index in [1.807, 2.05) is 12.1 Å². The lowest BCUT2D eigenvalue weighted by Crippen LogP contribution is -2.40. The van der Waals surface area contributed by atoms with E-state index < -0.39 is 15.9 Å². The van der Waals surface area contributed by atoms with Crippen LogP contribution in [0.25, 0.3) is 11.1 Å². The van der Waals surface area contributed by atoms with Gasteiger partial charge in [0.15, 0.2) is 0 Å². The molecule has 1 aliphatic rings. The summed E-state index contributed by atoms with van der Waals surface area (Å²) in [6.45, 7) is -0.323. The minimum Gasteiger partial charge on any atom is -0.325 e. The smallest absolute Gasteiger partial charge is 0.265 e. The fourth-order valence-corrected chi connectivity index (χ4v) is 4.89. The quantitative estimate of drug-likeness (QED) is 0.720. The van der Waals surface area contributed by atoms with E-state index in [1.165, 1.54) is 0 Å². The normalized spacial score (nSPS) is 14.2. The first kappa shape index (κ1) is 17.6. The summed E-state index contributed by atoms with van der Waals surface area (Å²) in [5.41, 5.74) is 2.46. The van der Waals surface area contributed by atoms with Crippen molar-refractivity contribution >= 4 is 38.9 Å². The highest BCUT2D eigenvalue weighted by Gasteiger charge is 2.35. The van der Waals surface area contributed by atoms with Crippen molar-refractivity contribution in [2.24, 2.45) is 0 Å². The number of anilines is 2. The van der Waals surface area contributed by atoms with Gasteiger partial charge >= 0.3 is 0 Å². The van der Waals surface area contributed by atoms with Crippen LogP contribution in [0.5, 0.6) is 0 Å². The lowest BCUT2D eigenvalue weighted by molar-refractivity contribution is -0.114. The molecule has 7 heteroatoms. The van der Waals surface area contributed by atoms with Crippen molar-refractivity contribution in [3.05, 3.63) is 77.8 Å². The highest BCUT2D eigenvalue weighted by atomic mass is 35.5. The highest BCUT2D eigenvalue weighted by molar-refractivity contribution is 7.93. The summed E-state index contributed by atoms with van der Waals surface area (Å²) in [5, 5.41) is 3.26. The third-order valence-corrected chi connectivity index (χ3v) is 6.40. The summed E-state index contributed by atoms with van der Waals surface area (Å²) in [6, 6.07) is 20.6. The standard InChI is InChI=1S/C20H15ClN2O3S/c21-14-9-11-15(12-10-14)22-20(24)13-23-18-7-3-1-5-16(18)17-6-2-4-8-19(17)27(23,25)26/h1-12H,13H2,(H,22,24). The van der Waals surface area contributed by atoms with Crippen molar-refractivity contribution in [2.75, 3.05) is 16.2 Å². The van der Waals surface area contributed by atoms with E-state index in [0.717, 1.165) is 9.87 Å². The first-order chi connectivity index (χ1) is 13.0. The second-order valence-electron chi connectivity index (χ2n) is 6.08. The van der Waals surface area contributed by atoms with E-state index in [-0.39, 0.29) is 11.4 Å². The van der Waals surface area contributed by atoms with E-state index in [9.17, 15) is 13.2 Å². The Labute approximate surface area is 162 Å². The molecule has 1 N–H and O–H groups in total. The van der Waals surface area contributed by atoms with Crippen LogP contribution in [0, 0.1) is 0 Å². The molecule has 0 bridgehead atoms. The predicted molar refractivity (Wildman–Crippen MR) is 106 cm³/mol. The molecular weight excluding hydrogens is 384 g/mol. The molecule has 0 saturated heterocycles. The van der Waals surface area contributed by atoms with Crippen LogP contribution in [0.1, 0.15) is 0 Å². The van der Waals surface area contributed by atoms with Gasteiger partial charge < -0.3 is 5.32 Å². The number of fused-ring (bicyclic) bond motifs is 3. The van der Waals surface area contributed by atoms with Crippen LogP contribution in [0.3, 0.4) is 0 Å². The molecule has 0 radical (unpaired) electrons. The van der Waals surface area contributed by atoms with E-state index in [1.54, 1.807) is 60.7 Å². The SMILES string of the molecule is O=C(CN1c2ccccc2-c2ccccc2S1(=O)=O)Nc1ccc(Cl)cc1. The number of hydrogen-bond donors (Lipinski definition) is 1. The predicted octanol–water partition coefficient (Wildman–Crippen LogP) is 4.15. The fourth-order valence-electron chi connectivity index (χ4n) is 3.12. The Morgan fingerprint density at radius 1 is 0.889 bits per heavy atom. The Morgan fingerprint density at radius 3 is 2.26 bits per heavy atom. The van der Waals surface area contributed by atoms with Crippen LogP contribution in [-0.2, 0) is 14.8 Å². The zero-order chi connectivity index (χ0) is 19.0. The summed E-state index contributed by atoms with van der Waals surface area (Å²) in [6.07, 6.45) is 0. The van der Waals surface area contributed by atoms with Crippen molar-refractivity contribution in [3.8, 4) is 11.1 Å². The average molecular weight is 399 g/mol. The summed E-state index contributed by atoms with van der Waals surface area (Å²) >= 11 is 5.85. The maximum atomic E-state index is 13.1. The van der Waals surface area contributed by atoms with Crippen molar-refractivity contribution < 1.29 is 13.2 Å². The van der Waals surface area contributed by atoms with Gasteiger partial charge in [0.05, 0.1) is 10.6 Å². The van der Waals surface area contributed by atoms with Crippen LogP contribution in [0.2, 0.25) is 5.02 Å². The van der Waals surface area contributed by atoms with Gasteiger partial charge in [-0.3, -0.25) is 9.10 Å². The molecule has 5 nitrogen and oxygen atoms in total. The maximum absolute atomic E-state index is 13.1. The van der Waals surface area contributed by atoms with Crippen LogP contribution < -0.4 is 9.62 Å². The average Bonchev–Trinajstić information content (AvgIpc) is 2.67. The third kappa shape index (κ3) is 3.18. The van der Waals surface area contributed by atoms with Crippen molar-refractivity contribution in [3.63, 3.8) is 0 Å². The Hall–Kier alpha value is -2.83. The van der Waals surface area contributed by atoms with Gasteiger partial charge in [-0.1, -0.05) is 48.0 Å². The van der Waals surface area contributed by atoms with Crippen molar-refractivity contribution in [1.82, 2.24) is 0 Å². The molecule has 136 valence electrons. The number of amides is 1. The highest BCUT2D eigenvalue weighted by Crippen LogP contribution is 2.42. The minimum atomic E-state index is -3.84. The zero-order valence-electron chi connectivity index (χ0n) is 14.1. The molecule has 27 heavy (non-hydrogen) atoms. The van der Waals surface area contributed by atoms with Gasteiger partial charge in [0.2, 0.25) is 5.91 Å². The molecule has 0 fully saturated rings. The van der Waals surface area contributed by atoms with Gasteiger partial charge in [-0.15, -0.1) is 0 Å². The number of carbonyl (C=O) groups excluding carboxylic acids is 1. The van der Waals surface area contributed by atoms with Crippen LogP contribution in [-0.4, -0.2) is 20.9 Å². The molecule has 3 aromatic carbocycles. The third-order valence-electron chi connectivity index (χ3n) is 4.33. The second kappa shape index (κ2) is 6.72. The van der Waals surface area contributed by atoms with Crippen LogP contribution in [0.15, 0.2) is 77.7 Å². The van der Waals surface area contributed by atoms with Gasteiger partial charge in [0, 0.05) is 21.8 Å². The largest absolute Gasteiger partial charge is 0.325 e. The molecule has 1 heterocycles. The Kier molecular flexibility index (Phi) is 4.37. The number of nitrogens with one attached hydrogen (secondary N) is 1. The summed E-state index contributed by atoms with van der Waals surface area (Å²) in [5.74, 6) is -0.435. The monoisotopic (exact) mass is 398 g/mol. The molecular formula is C20H15ClN2O3S.